The van der Waals surface area contributed by atoms with Crippen molar-refractivity contribution in [2.24, 2.45) is 5.41 Å². The summed E-state index contributed by atoms with van der Waals surface area (Å²) in [4.78, 5) is 30.6. The molecule has 0 unspecified atom stereocenters. The second-order valence-electron chi connectivity index (χ2n) is 15.6. The summed E-state index contributed by atoms with van der Waals surface area (Å²) in [7, 11) is 3.90. The number of fused-ring (bicyclic) bond motifs is 3. The fourth-order valence-corrected chi connectivity index (χ4v) is 10.3. The lowest BCUT2D eigenvalue weighted by Gasteiger charge is -2.51. The number of anilines is 2. The summed E-state index contributed by atoms with van der Waals surface area (Å²) < 4.78 is 53.4. The number of hydrogen-bond acceptors (Lipinski definition) is 10. The van der Waals surface area contributed by atoms with Gasteiger partial charge in [-0.1, -0.05) is 30.2 Å². The summed E-state index contributed by atoms with van der Waals surface area (Å²) in [5, 5.41) is 10.7. The van der Waals surface area contributed by atoms with Crippen LogP contribution in [-0.2, 0) is 4.79 Å². The summed E-state index contributed by atoms with van der Waals surface area (Å²) >= 11 is 7.88. The number of nitrogens with zero attached hydrogens (tertiary/aromatic N) is 7. The average molecular weight is 779 g/mol. The van der Waals surface area contributed by atoms with E-state index < -0.39 is 23.3 Å². The number of nitrogens with two attached hydrogens (primary N) is 1. The Kier molecular flexibility index (Phi) is 9.65. The zero-order valence-electron chi connectivity index (χ0n) is 30.3. The molecule has 54 heavy (non-hydrogen) atoms. The lowest BCUT2D eigenvalue weighted by atomic mass is 9.75. The van der Waals surface area contributed by atoms with Crippen molar-refractivity contribution < 1.29 is 22.7 Å². The topological polar surface area (TPSA) is 115 Å². The molecule has 10 nitrogen and oxygen atoms in total. The average Bonchev–Trinajstić information content (AvgIpc) is 3.69. The van der Waals surface area contributed by atoms with E-state index in [1.54, 1.807) is 12.1 Å². The predicted octanol–water partition coefficient (Wildman–Crippen LogP) is 6.79. The monoisotopic (exact) mass is 778 g/mol. The molecule has 4 fully saturated rings. The lowest BCUT2D eigenvalue weighted by Crippen LogP contribution is -2.61. The largest absolute Gasteiger partial charge is 0.461 e. The van der Waals surface area contributed by atoms with Crippen LogP contribution in [0.4, 0.5) is 24.0 Å². The third-order valence-corrected chi connectivity index (χ3v) is 12.9. The molecule has 1 amide bonds. The molecule has 0 saturated carbocycles. The maximum atomic E-state index is 17.3. The lowest BCUT2D eigenvalue weighted by molar-refractivity contribution is -0.137. The molecule has 4 aromatic rings. The van der Waals surface area contributed by atoms with Crippen LogP contribution in [0.3, 0.4) is 0 Å². The Bertz CT molecular complexity index is 2220. The molecule has 284 valence electrons. The van der Waals surface area contributed by atoms with Gasteiger partial charge in [0.15, 0.2) is 5.82 Å². The van der Waals surface area contributed by atoms with E-state index in [9.17, 15) is 14.4 Å². The van der Waals surface area contributed by atoms with Gasteiger partial charge in [-0.3, -0.25) is 9.69 Å². The first kappa shape index (κ1) is 36.8. The van der Waals surface area contributed by atoms with Crippen LogP contribution in [0.1, 0.15) is 44.1 Å². The van der Waals surface area contributed by atoms with Crippen molar-refractivity contribution in [1.82, 2.24) is 24.7 Å². The number of carbonyl (C=O) groups is 1. The van der Waals surface area contributed by atoms with E-state index >= 15 is 8.78 Å². The van der Waals surface area contributed by atoms with Crippen molar-refractivity contribution in [2.45, 2.75) is 50.2 Å². The van der Waals surface area contributed by atoms with Gasteiger partial charge in [0.25, 0.3) is 0 Å². The minimum atomic E-state index is -0.952. The van der Waals surface area contributed by atoms with E-state index in [1.165, 1.54) is 12.1 Å². The molecule has 2 aromatic heterocycles. The highest BCUT2D eigenvalue weighted by Gasteiger charge is 2.50. The van der Waals surface area contributed by atoms with E-state index in [-0.39, 0.29) is 66.3 Å². The Morgan fingerprint density at radius 2 is 2.00 bits per heavy atom. The van der Waals surface area contributed by atoms with Crippen LogP contribution in [-0.4, -0.2) is 109 Å². The molecule has 2 N–H and O–H groups in total. The molecule has 4 saturated heterocycles. The van der Waals surface area contributed by atoms with Gasteiger partial charge in [-0.05, 0) is 64.0 Å². The van der Waals surface area contributed by atoms with E-state index in [1.807, 2.05) is 36.0 Å². The van der Waals surface area contributed by atoms with Gasteiger partial charge in [-0.2, -0.15) is 15.2 Å². The quantitative estimate of drug-likeness (QED) is 0.193. The molecule has 4 aliphatic heterocycles. The van der Waals surface area contributed by atoms with Gasteiger partial charge in [0.05, 0.1) is 20.8 Å². The number of halogens is 4. The number of benzene rings is 2. The number of alkyl halides is 1. The van der Waals surface area contributed by atoms with Crippen LogP contribution < -0.4 is 15.4 Å². The predicted molar refractivity (Wildman–Crippen MR) is 206 cm³/mol. The number of hydrogen-bond donors (Lipinski definition) is 1. The normalized spacial score (nSPS) is 22.7. The van der Waals surface area contributed by atoms with Crippen LogP contribution in [0.25, 0.3) is 32.1 Å². The SMILES string of the molecule is CN(C)C/C=C/C(=O)N1CC2(CCCCN(c3nc(OC[C@@]45CCCN4C[C@H](F)C5)nc4c(F)c(-c5ccc(F)c6sc(N)c(C#N)c56)c(Cl)cc34)C2)C1. The standard InChI is InChI=1S/C39H42ClF3N8O2S/c1-48(2)12-5-7-29(52)50-20-38(21-50)10-3-4-13-49(19-38)36-25-15-27(40)31(24-8-9-28(42)34-30(24)26(17-44)35(45)54-34)32(43)33(25)46-37(47-36)53-22-39-11-6-14-51(39)18-23(41)16-39/h5,7-9,15,23H,3-4,6,10-14,16,18-22,45H2,1-2H3/b7-5+/t23-,39+/m1/s1. The Balaban J connectivity index is 1.21. The van der Waals surface area contributed by atoms with Crippen molar-refractivity contribution in [1.29, 1.82) is 5.26 Å². The number of nitriles is 1. The minimum Gasteiger partial charge on any atom is -0.461 e. The fraction of sp³-hybridized carbons (Fsp3) is 0.487. The number of ether oxygens (including phenoxy) is 1. The number of rotatable bonds is 8. The molecule has 0 aliphatic carbocycles. The highest BCUT2D eigenvalue weighted by Crippen LogP contribution is 2.47. The molecule has 0 bridgehead atoms. The molecule has 1 spiro atoms. The number of amides is 1. The van der Waals surface area contributed by atoms with Crippen molar-refractivity contribution in [3.8, 4) is 23.2 Å². The van der Waals surface area contributed by atoms with E-state index in [0.29, 0.717) is 56.9 Å². The van der Waals surface area contributed by atoms with Crippen molar-refractivity contribution >= 4 is 60.7 Å². The Hall–Kier alpha value is -4.16. The summed E-state index contributed by atoms with van der Waals surface area (Å²) in [5.41, 5.74) is 5.63. The van der Waals surface area contributed by atoms with Crippen molar-refractivity contribution in [3.63, 3.8) is 0 Å². The second kappa shape index (κ2) is 14.2. The van der Waals surface area contributed by atoms with Crippen LogP contribution in [0.5, 0.6) is 6.01 Å². The Morgan fingerprint density at radius 1 is 1.19 bits per heavy atom. The number of likely N-dealkylation sites (tertiary alicyclic amines) is 1. The first-order valence-corrected chi connectivity index (χ1v) is 19.6. The number of carbonyl (C=O) groups excluding carboxylic acids is 1. The highest BCUT2D eigenvalue weighted by molar-refractivity contribution is 7.23. The molecule has 0 radical (unpaired) electrons. The molecule has 6 heterocycles. The molecule has 8 rings (SSSR count). The highest BCUT2D eigenvalue weighted by atomic mass is 35.5. The van der Waals surface area contributed by atoms with Gasteiger partial charge in [0.1, 0.15) is 41.0 Å². The summed E-state index contributed by atoms with van der Waals surface area (Å²) in [5.74, 6) is -0.917. The fourth-order valence-electron chi connectivity index (χ4n) is 9.06. The molecule has 2 atom stereocenters. The van der Waals surface area contributed by atoms with Crippen molar-refractivity contribution in [3.05, 3.63) is 52.6 Å². The summed E-state index contributed by atoms with van der Waals surface area (Å²) in [6.45, 7) is 4.35. The van der Waals surface area contributed by atoms with E-state index in [2.05, 4.69) is 14.8 Å². The van der Waals surface area contributed by atoms with Gasteiger partial charge < -0.3 is 25.2 Å². The summed E-state index contributed by atoms with van der Waals surface area (Å²) in [6, 6.07) is 6.24. The van der Waals surface area contributed by atoms with Gasteiger partial charge >= 0.3 is 6.01 Å². The van der Waals surface area contributed by atoms with Gasteiger partial charge in [0, 0.05) is 73.5 Å². The summed E-state index contributed by atoms with van der Waals surface area (Å²) in [6.07, 6.45) is 7.34. The second-order valence-corrected chi connectivity index (χ2v) is 17.1. The maximum Gasteiger partial charge on any atom is 0.319 e. The zero-order chi connectivity index (χ0) is 37.9. The minimum absolute atomic E-state index is 0.0209. The third-order valence-electron chi connectivity index (χ3n) is 11.6. The smallest absolute Gasteiger partial charge is 0.319 e. The van der Waals surface area contributed by atoms with E-state index in [4.69, 9.17) is 27.1 Å². The number of aromatic nitrogens is 2. The number of likely N-dealkylation sites (N-methyl/N-ethyl adjacent to an activating group) is 1. The van der Waals surface area contributed by atoms with Gasteiger partial charge in [0.2, 0.25) is 5.91 Å². The first-order valence-electron chi connectivity index (χ1n) is 18.4. The van der Waals surface area contributed by atoms with Crippen molar-refractivity contribution in [2.75, 3.05) is 77.1 Å². The Morgan fingerprint density at radius 3 is 2.78 bits per heavy atom. The Labute approximate surface area is 320 Å². The number of nitrogen functional groups attached to an aromatic ring is 1. The first-order chi connectivity index (χ1) is 25.9. The van der Waals surface area contributed by atoms with Crippen LogP contribution >= 0.6 is 22.9 Å². The zero-order valence-corrected chi connectivity index (χ0v) is 31.9. The molecular formula is C39H42ClF3N8O2S. The van der Waals surface area contributed by atoms with Crippen LogP contribution in [0, 0.1) is 28.4 Å². The third kappa shape index (κ3) is 6.42. The molecular weight excluding hydrogens is 737 g/mol. The van der Waals surface area contributed by atoms with Gasteiger partial charge in [-0.25, -0.2) is 13.2 Å². The molecule has 4 aliphatic rings. The van der Waals surface area contributed by atoms with Gasteiger partial charge in [-0.15, -0.1) is 11.3 Å². The van der Waals surface area contributed by atoms with E-state index in [0.717, 1.165) is 50.0 Å². The molecule has 15 heteroatoms. The molecule has 2 aromatic carbocycles. The van der Waals surface area contributed by atoms with Crippen LogP contribution in [0.15, 0.2) is 30.4 Å². The van der Waals surface area contributed by atoms with Crippen LogP contribution in [0.2, 0.25) is 5.02 Å². The number of thiophene rings is 1. The maximum absolute atomic E-state index is 17.3.